The number of hydrogen-bond donors (Lipinski definition) is 1. The van der Waals surface area contributed by atoms with E-state index >= 15 is 0 Å². The van der Waals surface area contributed by atoms with E-state index in [2.05, 4.69) is 26.2 Å². The van der Waals surface area contributed by atoms with Gasteiger partial charge in [0.25, 0.3) is 5.56 Å². The van der Waals surface area contributed by atoms with E-state index < -0.39 is 0 Å². The van der Waals surface area contributed by atoms with Crippen molar-refractivity contribution in [3.8, 4) is 5.75 Å². The zero-order valence-electron chi connectivity index (χ0n) is 17.2. The van der Waals surface area contributed by atoms with Crippen LogP contribution in [0.4, 0.5) is 0 Å². The van der Waals surface area contributed by atoms with Crippen LogP contribution < -0.4 is 15.6 Å². The van der Waals surface area contributed by atoms with Gasteiger partial charge in [-0.2, -0.15) is 0 Å². The maximum absolute atomic E-state index is 12.7. The van der Waals surface area contributed by atoms with Crippen molar-refractivity contribution in [3.63, 3.8) is 0 Å². The first-order valence-electron chi connectivity index (χ1n) is 10.1. The molecule has 0 saturated heterocycles. The van der Waals surface area contributed by atoms with Gasteiger partial charge in [-0.3, -0.25) is 14.2 Å². The molecule has 160 valence electrons. The molecule has 0 fully saturated rings. The Balaban J connectivity index is 1.44. The summed E-state index contributed by atoms with van der Waals surface area (Å²) in [7, 11) is 0. The predicted octanol–water partition coefficient (Wildman–Crippen LogP) is 4.57. The van der Waals surface area contributed by atoms with Gasteiger partial charge in [-0.1, -0.05) is 28.1 Å². The third-order valence-electron chi connectivity index (χ3n) is 5.00. The highest BCUT2D eigenvalue weighted by Crippen LogP contribution is 2.31. The van der Waals surface area contributed by atoms with Gasteiger partial charge in [-0.05, 0) is 44.2 Å². The Bertz CT molecular complexity index is 1310. The number of carbonyl (C=O) groups excluding carboxylic acids is 1. The van der Waals surface area contributed by atoms with Crippen LogP contribution in [0.3, 0.4) is 0 Å². The molecule has 0 bridgehead atoms. The second-order valence-electron chi connectivity index (χ2n) is 7.20. The number of fused-ring (bicyclic) bond motifs is 2. The number of carbonyl (C=O) groups is 1. The van der Waals surface area contributed by atoms with Crippen LogP contribution in [0.25, 0.3) is 21.9 Å². The summed E-state index contributed by atoms with van der Waals surface area (Å²) >= 11 is 3.37. The van der Waals surface area contributed by atoms with Crippen LogP contribution in [0.2, 0.25) is 0 Å². The zero-order chi connectivity index (χ0) is 22.0. The summed E-state index contributed by atoms with van der Waals surface area (Å²) in [6.45, 7) is 4.56. The maximum atomic E-state index is 12.7. The van der Waals surface area contributed by atoms with Crippen LogP contribution in [0.1, 0.15) is 32.1 Å². The van der Waals surface area contributed by atoms with Crippen LogP contribution in [-0.2, 0) is 11.3 Å². The average molecular weight is 484 g/mol. The van der Waals surface area contributed by atoms with Gasteiger partial charge < -0.3 is 14.5 Å². The molecule has 0 spiro atoms. The minimum absolute atomic E-state index is 0.149. The number of rotatable bonds is 7. The monoisotopic (exact) mass is 483 g/mol. The largest absolute Gasteiger partial charge is 0.490 e. The number of amides is 1. The summed E-state index contributed by atoms with van der Waals surface area (Å²) in [6.07, 6.45) is 1.62. The van der Waals surface area contributed by atoms with Crippen molar-refractivity contribution in [2.75, 3.05) is 6.61 Å². The third kappa shape index (κ3) is 4.49. The lowest BCUT2D eigenvalue weighted by Crippen LogP contribution is -2.29. The Morgan fingerprint density at radius 2 is 2.13 bits per heavy atom. The van der Waals surface area contributed by atoms with Crippen molar-refractivity contribution in [1.29, 1.82) is 0 Å². The van der Waals surface area contributed by atoms with Crippen molar-refractivity contribution in [1.82, 2.24) is 14.9 Å². The Hall–Kier alpha value is -3.13. The van der Waals surface area contributed by atoms with Gasteiger partial charge in [-0.15, -0.1) is 0 Å². The van der Waals surface area contributed by atoms with Gasteiger partial charge in [-0.25, -0.2) is 4.98 Å². The summed E-state index contributed by atoms with van der Waals surface area (Å²) in [4.78, 5) is 29.5. The van der Waals surface area contributed by atoms with Gasteiger partial charge in [0.1, 0.15) is 5.76 Å². The summed E-state index contributed by atoms with van der Waals surface area (Å²) in [5.74, 6) is 1.14. The molecule has 4 aromatic rings. The number of aromatic nitrogens is 2. The highest BCUT2D eigenvalue weighted by Gasteiger charge is 2.16. The van der Waals surface area contributed by atoms with E-state index in [0.29, 0.717) is 34.6 Å². The fourth-order valence-electron chi connectivity index (χ4n) is 3.44. The lowest BCUT2D eigenvalue weighted by atomic mass is 10.2. The number of furan rings is 1. The molecule has 1 amide bonds. The van der Waals surface area contributed by atoms with Crippen LogP contribution >= 0.6 is 15.9 Å². The first-order valence-corrected chi connectivity index (χ1v) is 10.8. The Morgan fingerprint density at radius 1 is 1.29 bits per heavy atom. The van der Waals surface area contributed by atoms with Crippen LogP contribution in [0, 0.1) is 0 Å². The first kappa shape index (κ1) is 21.1. The quantitative estimate of drug-likeness (QED) is 0.415. The van der Waals surface area contributed by atoms with E-state index in [1.54, 1.807) is 12.1 Å². The van der Waals surface area contributed by atoms with E-state index in [4.69, 9.17) is 9.15 Å². The molecule has 0 aliphatic heterocycles. The van der Waals surface area contributed by atoms with E-state index in [0.717, 1.165) is 9.86 Å². The Morgan fingerprint density at radius 3 is 2.94 bits per heavy atom. The second kappa shape index (κ2) is 8.93. The fourth-order valence-corrected chi connectivity index (χ4v) is 3.80. The number of nitrogens with zero attached hydrogens (tertiary/aromatic N) is 2. The highest BCUT2D eigenvalue weighted by molar-refractivity contribution is 9.10. The van der Waals surface area contributed by atoms with E-state index in [1.165, 1.54) is 10.9 Å². The molecular formula is C23H22BrN3O4. The molecule has 4 rings (SSSR count). The van der Waals surface area contributed by atoms with Crippen LogP contribution in [0.15, 0.2) is 62.5 Å². The first-order chi connectivity index (χ1) is 15.0. The number of para-hydroxylation sites is 1. The highest BCUT2D eigenvalue weighted by atomic mass is 79.9. The molecule has 1 N–H and O–H groups in total. The lowest BCUT2D eigenvalue weighted by molar-refractivity contribution is -0.122. The summed E-state index contributed by atoms with van der Waals surface area (Å²) in [5, 5.41) is 4.36. The maximum Gasteiger partial charge on any atom is 0.261 e. The van der Waals surface area contributed by atoms with Gasteiger partial charge in [0, 0.05) is 22.8 Å². The molecular weight excluding hydrogens is 462 g/mol. The molecule has 2 heterocycles. The number of nitrogens with one attached hydrogen (secondary N) is 1. The van der Waals surface area contributed by atoms with E-state index in [1.807, 2.05) is 44.2 Å². The number of aryl methyl sites for hydroxylation is 1. The molecule has 0 aliphatic carbocycles. The van der Waals surface area contributed by atoms with Gasteiger partial charge in [0.2, 0.25) is 5.91 Å². The van der Waals surface area contributed by atoms with Gasteiger partial charge in [0.15, 0.2) is 11.3 Å². The van der Waals surface area contributed by atoms with E-state index in [9.17, 15) is 9.59 Å². The molecule has 1 atom stereocenters. The Kier molecular flexibility index (Phi) is 6.08. The van der Waals surface area contributed by atoms with Crippen molar-refractivity contribution in [2.24, 2.45) is 0 Å². The van der Waals surface area contributed by atoms with Crippen molar-refractivity contribution < 1.29 is 13.9 Å². The minimum Gasteiger partial charge on any atom is -0.490 e. The lowest BCUT2D eigenvalue weighted by Gasteiger charge is -2.12. The average Bonchev–Trinajstić information content (AvgIpc) is 3.19. The molecule has 2 aromatic heterocycles. The fraction of sp³-hybridized carbons (Fsp3) is 0.261. The second-order valence-corrected chi connectivity index (χ2v) is 8.12. The normalized spacial score (nSPS) is 12.2. The minimum atomic E-state index is -0.322. The molecule has 0 aliphatic rings. The predicted molar refractivity (Wildman–Crippen MR) is 122 cm³/mol. The number of benzene rings is 2. The molecule has 31 heavy (non-hydrogen) atoms. The SMILES string of the molecule is CCOc1cccc2cc(C(C)NC(=O)CCn3cnc4ccc(Br)cc4c3=O)oc12. The van der Waals surface area contributed by atoms with Crippen LogP contribution in [0.5, 0.6) is 5.75 Å². The molecule has 2 aromatic carbocycles. The van der Waals surface area contributed by atoms with Crippen molar-refractivity contribution >= 4 is 43.7 Å². The number of halogens is 1. The molecule has 0 radical (unpaired) electrons. The van der Waals surface area contributed by atoms with Crippen LogP contribution in [-0.4, -0.2) is 22.1 Å². The zero-order valence-corrected chi connectivity index (χ0v) is 18.8. The van der Waals surface area contributed by atoms with E-state index in [-0.39, 0.29) is 30.5 Å². The third-order valence-corrected chi connectivity index (χ3v) is 5.49. The molecule has 0 saturated carbocycles. The Labute approximate surface area is 187 Å². The summed E-state index contributed by atoms with van der Waals surface area (Å²) in [5.41, 5.74) is 1.12. The summed E-state index contributed by atoms with van der Waals surface area (Å²) < 4.78 is 13.8. The topological polar surface area (TPSA) is 86.4 Å². The molecule has 1 unspecified atom stereocenters. The smallest absolute Gasteiger partial charge is 0.261 e. The molecule has 8 heteroatoms. The van der Waals surface area contributed by atoms with Gasteiger partial charge >= 0.3 is 0 Å². The van der Waals surface area contributed by atoms with Crippen molar-refractivity contribution in [3.05, 3.63) is 69.4 Å². The summed E-state index contributed by atoms with van der Waals surface area (Å²) in [6, 6.07) is 12.6. The van der Waals surface area contributed by atoms with Crippen molar-refractivity contribution in [2.45, 2.75) is 32.9 Å². The van der Waals surface area contributed by atoms with Gasteiger partial charge in [0.05, 0.1) is 29.9 Å². The standard InChI is InChI=1S/C23H22BrN3O4/c1-3-30-19-6-4-5-15-11-20(31-22(15)19)14(2)26-21(28)9-10-27-13-25-18-8-7-16(24)12-17(18)23(27)29/h4-8,11-14H,3,9-10H2,1-2H3,(H,26,28). The molecule has 7 nitrogen and oxygen atoms in total. The number of ether oxygens (including phenoxy) is 1. The number of hydrogen-bond acceptors (Lipinski definition) is 5.